The molecule has 0 radical (unpaired) electrons. The lowest BCUT2D eigenvalue weighted by Gasteiger charge is -2.27. The van der Waals surface area contributed by atoms with Crippen LogP contribution in [0.2, 0.25) is 0 Å². The summed E-state index contributed by atoms with van der Waals surface area (Å²) < 4.78 is 27.7. The highest BCUT2D eigenvalue weighted by atomic mass is 31.2. The Balaban J connectivity index is 0.00000182. The fourth-order valence-electron chi connectivity index (χ4n) is 2.82. The first-order valence-electron chi connectivity index (χ1n) is 6.85. The molecular formula is C11H14N5O8P. The van der Waals surface area contributed by atoms with E-state index in [0.29, 0.717) is 0 Å². The van der Waals surface area contributed by atoms with Gasteiger partial charge in [-0.15, -0.1) is 5.10 Å². The lowest BCUT2D eigenvalue weighted by molar-refractivity contribution is -0.383. The van der Waals surface area contributed by atoms with Gasteiger partial charge in [0.15, 0.2) is 11.7 Å². The Hall–Kier alpha value is -1.99. The second kappa shape index (κ2) is 6.07. The van der Waals surface area contributed by atoms with Crippen molar-refractivity contribution in [1.29, 1.82) is 0 Å². The molecule has 0 amide bonds. The van der Waals surface area contributed by atoms with E-state index in [1.807, 2.05) is 0 Å². The number of rotatable bonds is 2. The minimum absolute atomic E-state index is 0. The summed E-state index contributed by atoms with van der Waals surface area (Å²) in [6.07, 6.45) is -4.29. The molecule has 0 bridgehead atoms. The molecule has 5 N–H and O–H groups in total. The topological polar surface area (TPSA) is 194 Å². The number of nitro groups is 1. The van der Waals surface area contributed by atoms with Crippen molar-refractivity contribution in [2.45, 2.75) is 24.5 Å². The summed E-state index contributed by atoms with van der Waals surface area (Å²) in [7, 11) is -4.24. The van der Waals surface area contributed by atoms with Crippen molar-refractivity contribution in [3.05, 3.63) is 28.3 Å². The molecule has 25 heavy (non-hydrogen) atoms. The van der Waals surface area contributed by atoms with Crippen LogP contribution in [-0.4, -0.2) is 54.8 Å². The Labute approximate surface area is 139 Å². The average Bonchev–Trinajstić information content (AvgIpc) is 3.08. The summed E-state index contributed by atoms with van der Waals surface area (Å²) in [6.45, 7) is -0.237. The average molecular weight is 375 g/mol. The number of nitro benzene ring substituents is 1. The molecule has 2 aliphatic heterocycles. The third kappa shape index (κ3) is 2.81. The second-order valence-corrected chi connectivity index (χ2v) is 6.73. The molecule has 1 unspecified atom stereocenters. The van der Waals surface area contributed by atoms with Crippen LogP contribution in [0.3, 0.4) is 0 Å². The van der Waals surface area contributed by atoms with Crippen LogP contribution >= 0.6 is 7.82 Å². The number of aromatic nitrogens is 3. The zero-order valence-corrected chi connectivity index (χ0v) is 13.4. The predicted molar refractivity (Wildman–Crippen MR) is 79.8 cm³/mol. The number of fused-ring (bicyclic) bond motifs is 2. The quantitative estimate of drug-likeness (QED) is 0.370. The number of nitrogens with zero attached hydrogens (tertiary/aromatic N) is 4. The molecule has 13 nitrogen and oxygen atoms in total. The minimum atomic E-state index is -4.24. The van der Waals surface area contributed by atoms with Crippen molar-refractivity contribution in [3.63, 3.8) is 0 Å². The van der Waals surface area contributed by atoms with Crippen LogP contribution in [0.1, 0.15) is 6.23 Å². The van der Waals surface area contributed by atoms with E-state index in [0.717, 1.165) is 0 Å². The monoisotopic (exact) mass is 375 g/mol. The van der Waals surface area contributed by atoms with Crippen molar-refractivity contribution in [2.24, 2.45) is 0 Å². The van der Waals surface area contributed by atoms with Gasteiger partial charge in [-0.25, -0.2) is 9.25 Å². The largest absolute Gasteiger partial charge is 0.472 e. The number of aliphatic hydroxyl groups is 1. The first-order chi connectivity index (χ1) is 11.4. The summed E-state index contributed by atoms with van der Waals surface area (Å²) in [5, 5.41) is 29.0. The van der Waals surface area contributed by atoms with Crippen LogP contribution in [0.5, 0.6) is 0 Å². The zero-order valence-electron chi connectivity index (χ0n) is 12.5. The molecule has 0 saturated carbocycles. The Bertz CT molecular complexity index is 873. The van der Waals surface area contributed by atoms with Crippen LogP contribution in [-0.2, 0) is 18.3 Å². The molecule has 1 aromatic carbocycles. The van der Waals surface area contributed by atoms with E-state index < -0.39 is 37.3 Å². The Morgan fingerprint density at radius 3 is 2.92 bits per heavy atom. The van der Waals surface area contributed by atoms with E-state index in [-0.39, 0.29) is 29.5 Å². The molecule has 2 fully saturated rings. The third-order valence-corrected chi connectivity index (χ3v) is 4.87. The number of ether oxygens (including phenoxy) is 1. The van der Waals surface area contributed by atoms with Gasteiger partial charge in [0, 0.05) is 6.07 Å². The molecule has 14 heteroatoms. The molecule has 136 valence electrons. The fraction of sp³-hybridized carbons (Fsp3) is 0.455. The normalized spacial score (nSPS) is 34.5. The highest BCUT2D eigenvalue weighted by Gasteiger charge is 2.53. The first-order valence-corrected chi connectivity index (χ1v) is 8.34. The van der Waals surface area contributed by atoms with Crippen molar-refractivity contribution in [2.75, 3.05) is 6.61 Å². The van der Waals surface area contributed by atoms with Crippen LogP contribution in [0, 0.1) is 10.1 Å². The van der Waals surface area contributed by atoms with Crippen molar-refractivity contribution in [1.82, 2.24) is 21.1 Å². The number of aliphatic hydroxyl groups excluding tert-OH is 1. The summed E-state index contributed by atoms with van der Waals surface area (Å²) in [4.78, 5) is 19.8. The van der Waals surface area contributed by atoms with E-state index >= 15 is 0 Å². The SMILES string of the molecule is N.O=[N+]([O-])c1cccc2c1nnn2[C@@H]1O[C@@H]2COP(=O)(O)O[C@H]2[C@H]1O. The van der Waals surface area contributed by atoms with Crippen molar-refractivity contribution >= 4 is 24.5 Å². The van der Waals surface area contributed by atoms with Gasteiger partial charge in [-0.05, 0) is 6.07 Å². The smallest absolute Gasteiger partial charge is 0.385 e. The fourth-order valence-corrected chi connectivity index (χ4v) is 3.79. The van der Waals surface area contributed by atoms with Crippen molar-refractivity contribution in [3.8, 4) is 0 Å². The van der Waals surface area contributed by atoms with Crippen LogP contribution < -0.4 is 6.15 Å². The van der Waals surface area contributed by atoms with E-state index in [9.17, 15) is 24.7 Å². The summed E-state index contributed by atoms with van der Waals surface area (Å²) in [6, 6.07) is 4.27. The van der Waals surface area contributed by atoms with Gasteiger partial charge in [0.1, 0.15) is 18.3 Å². The number of phosphoric acid groups is 1. The molecule has 2 aliphatic rings. The van der Waals surface area contributed by atoms with Gasteiger partial charge in [-0.3, -0.25) is 19.2 Å². The lowest BCUT2D eigenvalue weighted by atomic mass is 10.1. The van der Waals surface area contributed by atoms with E-state index in [1.54, 1.807) is 0 Å². The van der Waals surface area contributed by atoms with Crippen LogP contribution in [0.25, 0.3) is 11.0 Å². The van der Waals surface area contributed by atoms with Gasteiger partial charge in [0.2, 0.25) is 0 Å². The first kappa shape index (κ1) is 17.8. The maximum atomic E-state index is 11.5. The highest BCUT2D eigenvalue weighted by Crippen LogP contribution is 2.52. The Kier molecular flexibility index (Phi) is 4.33. The van der Waals surface area contributed by atoms with Crippen LogP contribution in [0.4, 0.5) is 5.69 Å². The number of phosphoric ester groups is 1. The van der Waals surface area contributed by atoms with Gasteiger partial charge in [-0.1, -0.05) is 11.3 Å². The molecule has 1 aromatic heterocycles. The van der Waals surface area contributed by atoms with E-state index in [2.05, 4.69) is 14.8 Å². The number of benzene rings is 1. The Morgan fingerprint density at radius 2 is 2.20 bits per heavy atom. The maximum Gasteiger partial charge on any atom is 0.472 e. The van der Waals surface area contributed by atoms with E-state index in [4.69, 9.17) is 9.26 Å². The number of hydrogen-bond acceptors (Lipinski definition) is 10. The molecular weight excluding hydrogens is 361 g/mol. The van der Waals surface area contributed by atoms with Gasteiger partial charge < -0.3 is 20.9 Å². The van der Waals surface area contributed by atoms with Gasteiger partial charge in [0.25, 0.3) is 5.69 Å². The molecule has 3 heterocycles. The number of non-ortho nitro benzene ring substituents is 1. The molecule has 5 atom stereocenters. The van der Waals surface area contributed by atoms with Gasteiger partial charge in [0.05, 0.1) is 17.0 Å². The molecule has 0 aliphatic carbocycles. The lowest BCUT2D eigenvalue weighted by Crippen LogP contribution is -2.39. The summed E-state index contributed by atoms with van der Waals surface area (Å²) in [5.41, 5.74) is 0.0845. The molecule has 2 aromatic rings. The van der Waals surface area contributed by atoms with Gasteiger partial charge in [-0.2, -0.15) is 0 Å². The third-order valence-electron chi connectivity index (χ3n) is 3.89. The van der Waals surface area contributed by atoms with Crippen LogP contribution in [0.15, 0.2) is 18.2 Å². The van der Waals surface area contributed by atoms with E-state index in [1.165, 1.54) is 22.9 Å². The standard InChI is InChI=1S/C11H11N4O8P.H3N/c16-9-10-7(4-21-24(19,20)23-10)22-11(9)14-5-2-1-3-6(15(17)18)8(5)12-13-14;/h1-3,7,9-11,16H,4H2,(H,19,20);1H3/t7-,9-,10-,11-;/m1./s1. The predicted octanol–water partition coefficient (Wildman–Crippen LogP) is 0.276. The molecule has 4 rings (SSSR count). The Morgan fingerprint density at radius 1 is 1.44 bits per heavy atom. The maximum absolute atomic E-state index is 11.5. The summed E-state index contributed by atoms with van der Waals surface area (Å²) in [5.74, 6) is 0. The summed E-state index contributed by atoms with van der Waals surface area (Å²) >= 11 is 0. The van der Waals surface area contributed by atoms with Crippen molar-refractivity contribution < 1.29 is 33.3 Å². The highest BCUT2D eigenvalue weighted by molar-refractivity contribution is 7.47. The minimum Gasteiger partial charge on any atom is -0.385 e. The molecule has 0 spiro atoms. The van der Waals surface area contributed by atoms with Gasteiger partial charge >= 0.3 is 7.82 Å². The number of hydrogen-bond donors (Lipinski definition) is 3. The zero-order chi connectivity index (χ0) is 17.1. The molecule has 2 saturated heterocycles. The second-order valence-electron chi connectivity index (χ2n) is 5.33.